The second-order valence-corrected chi connectivity index (χ2v) is 7.09. The number of rotatable bonds is 5. The summed E-state index contributed by atoms with van der Waals surface area (Å²) in [6.45, 7) is 1.83. The van der Waals surface area contributed by atoms with Crippen molar-refractivity contribution in [3.63, 3.8) is 0 Å². The largest absolute Gasteiger partial charge is 0.480 e. The summed E-state index contributed by atoms with van der Waals surface area (Å²) in [6.07, 6.45) is 0.428. The lowest BCUT2D eigenvalue weighted by Gasteiger charge is -2.24. The van der Waals surface area contributed by atoms with Gasteiger partial charge < -0.3 is 10.0 Å². The third-order valence-electron chi connectivity index (χ3n) is 3.46. The number of sulfone groups is 1. The second kappa shape index (κ2) is 5.21. The Hall–Kier alpha value is -1.56. The Morgan fingerprint density at radius 1 is 1.42 bits per heavy atom. The Morgan fingerprint density at radius 2 is 2.11 bits per heavy atom. The van der Waals surface area contributed by atoms with E-state index in [1.807, 2.05) is 24.3 Å². The number of carboxylic acids is 1. The monoisotopic (exact) mass is 283 g/mol. The number of para-hydroxylation sites is 1. The summed E-state index contributed by atoms with van der Waals surface area (Å²) in [4.78, 5) is 13.0. The van der Waals surface area contributed by atoms with E-state index in [0.717, 1.165) is 11.3 Å². The van der Waals surface area contributed by atoms with Crippen molar-refractivity contribution in [2.45, 2.75) is 19.4 Å². The number of anilines is 1. The molecule has 1 aromatic rings. The van der Waals surface area contributed by atoms with E-state index in [0.29, 0.717) is 6.42 Å². The lowest BCUT2D eigenvalue weighted by molar-refractivity contribution is -0.138. The van der Waals surface area contributed by atoms with Gasteiger partial charge in [-0.05, 0) is 11.6 Å². The van der Waals surface area contributed by atoms with Crippen LogP contribution in [0.1, 0.15) is 12.5 Å². The molecule has 1 heterocycles. The van der Waals surface area contributed by atoms with Crippen LogP contribution < -0.4 is 4.90 Å². The van der Waals surface area contributed by atoms with Gasteiger partial charge >= 0.3 is 5.97 Å². The van der Waals surface area contributed by atoms with Crippen molar-refractivity contribution in [2.75, 3.05) is 23.0 Å². The zero-order valence-electron chi connectivity index (χ0n) is 10.7. The number of benzene rings is 1. The van der Waals surface area contributed by atoms with Crippen LogP contribution in [0.2, 0.25) is 0 Å². The van der Waals surface area contributed by atoms with Crippen molar-refractivity contribution in [3.8, 4) is 0 Å². The number of fused-ring (bicyclic) bond motifs is 1. The molecule has 1 aromatic carbocycles. The molecule has 0 bridgehead atoms. The molecule has 1 N–H and O–H groups in total. The summed E-state index contributed by atoms with van der Waals surface area (Å²) in [5.74, 6) is -0.841. The van der Waals surface area contributed by atoms with Crippen LogP contribution in [0.4, 0.5) is 5.69 Å². The molecule has 0 aliphatic carbocycles. The first-order chi connectivity index (χ1) is 8.94. The van der Waals surface area contributed by atoms with E-state index in [9.17, 15) is 18.3 Å². The minimum atomic E-state index is -3.09. The van der Waals surface area contributed by atoms with Crippen LogP contribution in [0.5, 0.6) is 0 Å². The zero-order chi connectivity index (χ0) is 14.0. The summed E-state index contributed by atoms with van der Waals surface area (Å²) in [5, 5.41) is 9.25. The summed E-state index contributed by atoms with van der Waals surface area (Å²) in [7, 11) is -3.09. The van der Waals surface area contributed by atoms with Crippen molar-refractivity contribution >= 4 is 21.5 Å². The number of nitrogens with zero attached hydrogens (tertiary/aromatic N) is 1. The SMILES string of the molecule is CCS(=O)(=O)CCN1c2ccccc2CC1C(=O)O. The van der Waals surface area contributed by atoms with Crippen molar-refractivity contribution < 1.29 is 18.3 Å². The predicted molar refractivity (Wildman–Crippen MR) is 73.2 cm³/mol. The molecule has 1 unspecified atom stereocenters. The number of hydrogen-bond acceptors (Lipinski definition) is 4. The van der Waals surface area contributed by atoms with Crippen molar-refractivity contribution in [3.05, 3.63) is 29.8 Å². The van der Waals surface area contributed by atoms with Gasteiger partial charge in [0.1, 0.15) is 6.04 Å². The maximum Gasteiger partial charge on any atom is 0.326 e. The highest BCUT2D eigenvalue weighted by Crippen LogP contribution is 2.31. The number of carboxylic acid groups (broad SMARTS) is 1. The van der Waals surface area contributed by atoms with E-state index in [1.54, 1.807) is 11.8 Å². The average Bonchev–Trinajstić information content (AvgIpc) is 2.75. The fourth-order valence-corrected chi connectivity index (χ4v) is 3.09. The molecular formula is C13H17NO4S. The molecule has 0 aromatic heterocycles. The lowest BCUT2D eigenvalue weighted by atomic mass is 10.1. The third kappa shape index (κ3) is 2.89. The van der Waals surface area contributed by atoms with E-state index in [2.05, 4.69) is 0 Å². The molecule has 104 valence electrons. The van der Waals surface area contributed by atoms with Gasteiger partial charge in [0.25, 0.3) is 0 Å². The quantitative estimate of drug-likeness (QED) is 0.870. The predicted octanol–water partition coefficient (Wildman–Crippen LogP) is 0.937. The van der Waals surface area contributed by atoms with Crippen LogP contribution in [-0.2, 0) is 21.1 Å². The highest BCUT2D eigenvalue weighted by atomic mass is 32.2. The molecule has 5 nitrogen and oxygen atoms in total. The molecule has 0 spiro atoms. The first-order valence-electron chi connectivity index (χ1n) is 6.22. The molecule has 1 aliphatic rings. The molecule has 19 heavy (non-hydrogen) atoms. The van der Waals surface area contributed by atoms with Gasteiger partial charge in [-0.2, -0.15) is 0 Å². The fourth-order valence-electron chi connectivity index (χ4n) is 2.33. The van der Waals surface area contributed by atoms with Crippen molar-refractivity contribution in [2.24, 2.45) is 0 Å². The van der Waals surface area contributed by atoms with E-state index in [4.69, 9.17) is 0 Å². The van der Waals surface area contributed by atoms with Crippen LogP contribution in [0.3, 0.4) is 0 Å². The van der Waals surface area contributed by atoms with Crippen molar-refractivity contribution in [1.29, 1.82) is 0 Å². The maximum absolute atomic E-state index is 11.6. The summed E-state index contributed by atoms with van der Waals surface area (Å²) < 4.78 is 23.1. The average molecular weight is 283 g/mol. The Bertz CT molecular complexity index is 582. The van der Waals surface area contributed by atoms with Crippen LogP contribution >= 0.6 is 0 Å². The Labute approximate surface area is 112 Å². The fraction of sp³-hybridized carbons (Fsp3) is 0.462. The molecule has 1 aliphatic heterocycles. The summed E-state index contributed by atoms with van der Waals surface area (Å²) in [6, 6.07) is 6.77. The molecule has 6 heteroatoms. The van der Waals surface area contributed by atoms with Gasteiger partial charge in [0, 0.05) is 24.4 Å². The minimum absolute atomic E-state index is 0.0123. The molecule has 0 saturated heterocycles. The van der Waals surface area contributed by atoms with Gasteiger partial charge in [-0.1, -0.05) is 25.1 Å². The number of aliphatic carboxylic acids is 1. The van der Waals surface area contributed by atoms with Crippen LogP contribution in [0.15, 0.2) is 24.3 Å². The lowest BCUT2D eigenvalue weighted by Crippen LogP contribution is -2.41. The van der Waals surface area contributed by atoms with Crippen LogP contribution in [-0.4, -0.2) is 43.6 Å². The normalized spacial score (nSPS) is 18.4. The molecule has 0 amide bonds. The molecule has 0 saturated carbocycles. The maximum atomic E-state index is 11.6. The number of hydrogen-bond donors (Lipinski definition) is 1. The first kappa shape index (κ1) is 13.9. The third-order valence-corrected chi connectivity index (χ3v) is 5.14. The Balaban J connectivity index is 2.22. The molecular weight excluding hydrogens is 266 g/mol. The molecule has 2 rings (SSSR count). The Kier molecular flexibility index (Phi) is 3.80. The molecule has 1 atom stereocenters. The van der Waals surface area contributed by atoms with Crippen molar-refractivity contribution in [1.82, 2.24) is 0 Å². The Morgan fingerprint density at radius 3 is 2.74 bits per heavy atom. The van der Waals surface area contributed by atoms with Crippen LogP contribution in [0, 0.1) is 0 Å². The van der Waals surface area contributed by atoms with Gasteiger partial charge in [0.15, 0.2) is 9.84 Å². The molecule has 0 fully saturated rings. The topological polar surface area (TPSA) is 74.7 Å². The van der Waals surface area contributed by atoms with E-state index in [-0.39, 0.29) is 18.1 Å². The van der Waals surface area contributed by atoms with Crippen LogP contribution in [0.25, 0.3) is 0 Å². The number of carbonyl (C=O) groups is 1. The summed E-state index contributed by atoms with van der Waals surface area (Å²) >= 11 is 0. The van der Waals surface area contributed by atoms with Gasteiger partial charge in [0.2, 0.25) is 0 Å². The zero-order valence-corrected chi connectivity index (χ0v) is 11.6. The highest BCUT2D eigenvalue weighted by Gasteiger charge is 2.34. The van der Waals surface area contributed by atoms with Gasteiger partial charge in [-0.15, -0.1) is 0 Å². The smallest absolute Gasteiger partial charge is 0.326 e. The van der Waals surface area contributed by atoms with Gasteiger partial charge in [-0.3, -0.25) is 0 Å². The minimum Gasteiger partial charge on any atom is -0.480 e. The van der Waals surface area contributed by atoms with E-state index < -0.39 is 21.8 Å². The molecule has 0 radical (unpaired) electrons. The first-order valence-corrected chi connectivity index (χ1v) is 8.04. The highest BCUT2D eigenvalue weighted by molar-refractivity contribution is 7.91. The van der Waals surface area contributed by atoms with Gasteiger partial charge in [-0.25, -0.2) is 13.2 Å². The standard InChI is InChI=1S/C13H17NO4S/c1-2-19(17,18)8-7-14-11-6-4-3-5-10(11)9-12(14)13(15)16/h3-6,12H,2,7-9H2,1H3,(H,15,16). The summed E-state index contributed by atoms with van der Waals surface area (Å²) in [5.41, 5.74) is 1.80. The second-order valence-electron chi connectivity index (χ2n) is 4.62. The van der Waals surface area contributed by atoms with E-state index in [1.165, 1.54) is 0 Å². The van der Waals surface area contributed by atoms with E-state index >= 15 is 0 Å². The van der Waals surface area contributed by atoms with Gasteiger partial charge in [0.05, 0.1) is 5.75 Å².